The first-order valence-electron chi connectivity index (χ1n) is 7.43. The average molecular weight is 252 g/mol. The third-order valence-corrected chi connectivity index (χ3v) is 4.97. The van der Waals surface area contributed by atoms with Crippen molar-refractivity contribution in [1.82, 2.24) is 0 Å². The molecule has 0 spiro atoms. The van der Waals surface area contributed by atoms with E-state index in [1.165, 1.54) is 6.42 Å². The minimum atomic E-state index is -0.349. The molecule has 0 aromatic carbocycles. The Morgan fingerprint density at radius 3 is 2.28 bits per heavy atom. The van der Waals surface area contributed by atoms with Gasteiger partial charge in [0.2, 0.25) is 0 Å². The summed E-state index contributed by atoms with van der Waals surface area (Å²) in [5.74, 6) is 3.71. The van der Waals surface area contributed by atoms with Gasteiger partial charge in [-0.2, -0.15) is 0 Å². The van der Waals surface area contributed by atoms with E-state index < -0.39 is 0 Å². The van der Waals surface area contributed by atoms with Crippen molar-refractivity contribution in [3.63, 3.8) is 0 Å². The van der Waals surface area contributed by atoms with Gasteiger partial charge < -0.3 is 4.74 Å². The SMILES string of the molecule is CC(C)C1C(C)C2CC(C(=O)OC(C)(C)C)C1C2. The predicted octanol–water partition coefficient (Wildman–Crippen LogP) is 3.89. The van der Waals surface area contributed by atoms with Crippen LogP contribution < -0.4 is 0 Å². The Labute approximate surface area is 111 Å². The van der Waals surface area contributed by atoms with Gasteiger partial charge in [0.25, 0.3) is 0 Å². The molecule has 2 aliphatic rings. The van der Waals surface area contributed by atoms with E-state index >= 15 is 0 Å². The van der Waals surface area contributed by atoms with Crippen LogP contribution >= 0.6 is 0 Å². The van der Waals surface area contributed by atoms with Gasteiger partial charge in [-0.05, 0) is 63.2 Å². The van der Waals surface area contributed by atoms with Crippen molar-refractivity contribution < 1.29 is 9.53 Å². The van der Waals surface area contributed by atoms with E-state index in [0.29, 0.717) is 17.8 Å². The molecule has 0 saturated heterocycles. The van der Waals surface area contributed by atoms with E-state index in [0.717, 1.165) is 18.3 Å². The third-order valence-electron chi connectivity index (χ3n) is 4.97. The molecule has 2 aliphatic carbocycles. The Balaban J connectivity index is 2.07. The largest absolute Gasteiger partial charge is 0.460 e. The fourth-order valence-electron chi connectivity index (χ4n) is 4.42. The second-order valence-corrected chi connectivity index (χ2v) is 7.72. The second kappa shape index (κ2) is 4.54. The second-order valence-electron chi connectivity index (χ2n) is 7.72. The lowest BCUT2D eigenvalue weighted by molar-refractivity contribution is -0.163. The Bertz CT molecular complexity index is 326. The number of hydrogen-bond donors (Lipinski definition) is 0. The van der Waals surface area contributed by atoms with Crippen LogP contribution in [0.4, 0.5) is 0 Å². The van der Waals surface area contributed by atoms with Crippen LogP contribution in [0.25, 0.3) is 0 Å². The number of carbonyl (C=O) groups excluding carboxylic acids is 1. The summed E-state index contributed by atoms with van der Waals surface area (Å²) >= 11 is 0. The van der Waals surface area contributed by atoms with E-state index in [1.54, 1.807) is 0 Å². The van der Waals surface area contributed by atoms with Crippen LogP contribution in [0.2, 0.25) is 0 Å². The maximum Gasteiger partial charge on any atom is 0.309 e. The van der Waals surface area contributed by atoms with Crippen molar-refractivity contribution in [2.24, 2.45) is 35.5 Å². The van der Waals surface area contributed by atoms with Gasteiger partial charge in [-0.1, -0.05) is 20.8 Å². The van der Waals surface area contributed by atoms with Crippen molar-refractivity contribution in [1.29, 1.82) is 0 Å². The van der Waals surface area contributed by atoms with Crippen LogP contribution in [0.15, 0.2) is 0 Å². The molecule has 5 unspecified atom stereocenters. The average Bonchev–Trinajstić information content (AvgIpc) is 2.70. The monoisotopic (exact) mass is 252 g/mol. The summed E-state index contributed by atoms with van der Waals surface area (Å²) in [5.41, 5.74) is -0.349. The van der Waals surface area contributed by atoms with Crippen LogP contribution in [0.3, 0.4) is 0 Å². The number of ether oxygens (including phenoxy) is 1. The molecular formula is C16H28O2. The summed E-state index contributed by atoms with van der Waals surface area (Å²) in [6.45, 7) is 12.9. The van der Waals surface area contributed by atoms with Gasteiger partial charge in [0, 0.05) is 0 Å². The predicted molar refractivity (Wildman–Crippen MR) is 73.0 cm³/mol. The molecule has 2 rings (SSSR count). The van der Waals surface area contributed by atoms with E-state index in [9.17, 15) is 4.79 Å². The fraction of sp³-hybridized carbons (Fsp3) is 0.938. The molecule has 0 amide bonds. The Morgan fingerprint density at radius 2 is 1.83 bits per heavy atom. The molecule has 0 heterocycles. The van der Waals surface area contributed by atoms with Crippen molar-refractivity contribution in [2.45, 2.75) is 60.0 Å². The third kappa shape index (κ3) is 2.44. The number of carbonyl (C=O) groups is 1. The molecule has 2 nitrogen and oxygen atoms in total. The zero-order chi connectivity index (χ0) is 13.7. The highest BCUT2D eigenvalue weighted by atomic mass is 16.6. The molecule has 0 aromatic heterocycles. The lowest BCUT2D eigenvalue weighted by atomic mass is 9.70. The minimum absolute atomic E-state index is 0.0487. The Kier molecular flexibility index (Phi) is 3.50. The molecule has 2 bridgehead atoms. The molecule has 104 valence electrons. The first kappa shape index (κ1) is 13.9. The van der Waals surface area contributed by atoms with E-state index in [1.807, 2.05) is 20.8 Å². The van der Waals surface area contributed by atoms with Gasteiger partial charge in [0.15, 0.2) is 0 Å². The van der Waals surface area contributed by atoms with Crippen molar-refractivity contribution in [3.8, 4) is 0 Å². The maximum atomic E-state index is 12.3. The Hall–Kier alpha value is -0.530. The van der Waals surface area contributed by atoms with Gasteiger partial charge in [-0.15, -0.1) is 0 Å². The number of rotatable bonds is 2. The smallest absolute Gasteiger partial charge is 0.309 e. The number of hydrogen-bond acceptors (Lipinski definition) is 2. The molecule has 18 heavy (non-hydrogen) atoms. The van der Waals surface area contributed by atoms with Gasteiger partial charge in [0.05, 0.1) is 5.92 Å². The molecular weight excluding hydrogens is 224 g/mol. The number of fused-ring (bicyclic) bond motifs is 2. The summed E-state index contributed by atoms with van der Waals surface area (Å²) in [6.07, 6.45) is 2.30. The molecule has 0 radical (unpaired) electrons. The maximum absolute atomic E-state index is 12.3. The van der Waals surface area contributed by atoms with E-state index in [4.69, 9.17) is 4.74 Å². The first-order chi connectivity index (χ1) is 8.20. The highest BCUT2D eigenvalue weighted by Gasteiger charge is 2.54. The lowest BCUT2D eigenvalue weighted by Crippen LogP contribution is -2.37. The van der Waals surface area contributed by atoms with Crippen molar-refractivity contribution in [3.05, 3.63) is 0 Å². The molecule has 2 heteroatoms. The zero-order valence-electron chi connectivity index (χ0n) is 12.7. The summed E-state index contributed by atoms with van der Waals surface area (Å²) in [7, 11) is 0. The van der Waals surface area contributed by atoms with Gasteiger partial charge >= 0.3 is 5.97 Å². The standard InChI is InChI=1S/C16H28O2/c1-9(2)14-10(3)11-7-12(14)13(8-11)15(17)18-16(4,5)6/h9-14H,7-8H2,1-6H3. The summed E-state index contributed by atoms with van der Waals surface area (Å²) in [4.78, 5) is 12.3. The zero-order valence-corrected chi connectivity index (χ0v) is 12.7. The number of esters is 1. The summed E-state index contributed by atoms with van der Waals surface area (Å²) in [6, 6.07) is 0. The van der Waals surface area contributed by atoms with Crippen molar-refractivity contribution in [2.75, 3.05) is 0 Å². The van der Waals surface area contributed by atoms with E-state index in [2.05, 4.69) is 20.8 Å². The van der Waals surface area contributed by atoms with Crippen LogP contribution in [0.1, 0.15) is 54.4 Å². The highest BCUT2D eigenvalue weighted by molar-refractivity contribution is 5.74. The van der Waals surface area contributed by atoms with Crippen LogP contribution in [0.5, 0.6) is 0 Å². The molecule has 0 aliphatic heterocycles. The van der Waals surface area contributed by atoms with Crippen LogP contribution in [-0.2, 0) is 9.53 Å². The van der Waals surface area contributed by atoms with Crippen LogP contribution in [-0.4, -0.2) is 11.6 Å². The highest BCUT2D eigenvalue weighted by Crippen LogP contribution is 2.57. The van der Waals surface area contributed by atoms with Gasteiger partial charge in [0.1, 0.15) is 5.60 Å². The quantitative estimate of drug-likeness (QED) is 0.697. The summed E-state index contributed by atoms with van der Waals surface area (Å²) in [5, 5.41) is 0. The fourth-order valence-corrected chi connectivity index (χ4v) is 4.42. The normalized spacial score (nSPS) is 39.4. The molecule has 5 atom stereocenters. The molecule has 0 aromatic rings. The topological polar surface area (TPSA) is 26.3 Å². The van der Waals surface area contributed by atoms with E-state index in [-0.39, 0.29) is 17.5 Å². The molecule has 2 fully saturated rings. The van der Waals surface area contributed by atoms with Crippen molar-refractivity contribution >= 4 is 5.97 Å². The van der Waals surface area contributed by atoms with Gasteiger partial charge in [-0.3, -0.25) is 4.79 Å². The summed E-state index contributed by atoms with van der Waals surface area (Å²) < 4.78 is 5.60. The Morgan fingerprint density at radius 1 is 1.22 bits per heavy atom. The molecule has 0 N–H and O–H groups in total. The molecule has 2 saturated carbocycles. The lowest BCUT2D eigenvalue weighted by Gasteiger charge is -2.36. The minimum Gasteiger partial charge on any atom is -0.460 e. The first-order valence-corrected chi connectivity index (χ1v) is 7.43. The van der Waals surface area contributed by atoms with Gasteiger partial charge in [-0.25, -0.2) is 0 Å². The van der Waals surface area contributed by atoms with Crippen LogP contribution in [0, 0.1) is 35.5 Å².